The zero-order valence-electron chi connectivity index (χ0n) is 9.97. The van der Waals surface area contributed by atoms with Crippen LogP contribution in [0.5, 0.6) is 5.75 Å². The highest BCUT2D eigenvalue weighted by atomic mass is 16.5. The van der Waals surface area contributed by atoms with Gasteiger partial charge in [-0.1, -0.05) is 18.2 Å². The zero-order chi connectivity index (χ0) is 12.3. The number of benzene rings is 1. The number of ether oxygens (including phenoxy) is 1. The third-order valence-corrected chi connectivity index (χ3v) is 2.61. The Hall–Kier alpha value is -2.10. The number of rotatable bonds is 3. The first kappa shape index (κ1) is 11.4. The third kappa shape index (κ3) is 2.53. The number of nitrogens with two attached hydrogens (primary N) is 1. The molecular weight excluding hydrogens is 214 g/mol. The Balaban J connectivity index is 2.28. The number of anilines is 1. The van der Waals surface area contributed by atoms with E-state index >= 15 is 0 Å². The van der Waals surface area contributed by atoms with Crippen LogP contribution in [0, 0.1) is 6.92 Å². The van der Waals surface area contributed by atoms with Crippen molar-refractivity contribution in [3.8, 4) is 5.75 Å². The van der Waals surface area contributed by atoms with Gasteiger partial charge in [0.1, 0.15) is 11.6 Å². The molecule has 0 bridgehead atoms. The molecule has 4 heteroatoms. The van der Waals surface area contributed by atoms with Gasteiger partial charge in [-0.05, 0) is 13.0 Å². The topological polar surface area (TPSA) is 61.0 Å². The molecule has 2 rings (SSSR count). The molecule has 0 aliphatic rings. The first-order valence-corrected chi connectivity index (χ1v) is 5.40. The average Bonchev–Trinajstić information content (AvgIpc) is 2.34. The number of methoxy groups -OCH3 is 1. The smallest absolute Gasteiger partial charge is 0.133 e. The Morgan fingerprint density at radius 2 is 2.06 bits per heavy atom. The van der Waals surface area contributed by atoms with E-state index < -0.39 is 0 Å². The van der Waals surface area contributed by atoms with Gasteiger partial charge >= 0.3 is 0 Å². The van der Waals surface area contributed by atoms with E-state index in [0.717, 1.165) is 22.8 Å². The van der Waals surface area contributed by atoms with Crippen LogP contribution in [0.25, 0.3) is 0 Å². The van der Waals surface area contributed by atoms with Crippen LogP contribution in [0.4, 0.5) is 5.69 Å². The fraction of sp³-hybridized carbons (Fsp3) is 0.231. The second kappa shape index (κ2) is 4.82. The van der Waals surface area contributed by atoms with E-state index in [1.165, 1.54) is 0 Å². The molecule has 0 atom stereocenters. The highest BCUT2D eigenvalue weighted by Crippen LogP contribution is 2.20. The lowest BCUT2D eigenvalue weighted by Gasteiger charge is -2.08. The number of para-hydroxylation sites is 1. The summed E-state index contributed by atoms with van der Waals surface area (Å²) >= 11 is 0. The maximum atomic E-state index is 5.69. The Labute approximate surface area is 100 Å². The van der Waals surface area contributed by atoms with Crippen LogP contribution >= 0.6 is 0 Å². The molecule has 1 aromatic heterocycles. The van der Waals surface area contributed by atoms with Gasteiger partial charge in [0.25, 0.3) is 0 Å². The predicted octanol–water partition coefficient (Wildman–Crippen LogP) is 1.97. The molecule has 0 amide bonds. The molecule has 1 heterocycles. The maximum Gasteiger partial charge on any atom is 0.133 e. The SMILES string of the molecule is COc1ccccc1Cc1ncc(N)c(C)n1. The third-order valence-electron chi connectivity index (χ3n) is 2.61. The minimum Gasteiger partial charge on any atom is -0.496 e. The Morgan fingerprint density at radius 3 is 2.76 bits per heavy atom. The van der Waals surface area contributed by atoms with Crippen LogP contribution in [0.15, 0.2) is 30.5 Å². The summed E-state index contributed by atoms with van der Waals surface area (Å²) in [5.41, 5.74) is 8.19. The van der Waals surface area contributed by atoms with E-state index in [9.17, 15) is 0 Å². The van der Waals surface area contributed by atoms with E-state index in [1.807, 2.05) is 31.2 Å². The molecule has 0 saturated heterocycles. The highest BCUT2D eigenvalue weighted by Gasteiger charge is 2.06. The number of aromatic nitrogens is 2. The molecular formula is C13H15N3O. The minimum atomic E-state index is 0.619. The van der Waals surface area contributed by atoms with E-state index in [0.29, 0.717) is 12.1 Å². The van der Waals surface area contributed by atoms with Gasteiger partial charge in [0.15, 0.2) is 0 Å². The predicted molar refractivity (Wildman–Crippen MR) is 67.0 cm³/mol. The summed E-state index contributed by atoms with van der Waals surface area (Å²) < 4.78 is 5.29. The number of nitrogens with zero attached hydrogens (tertiary/aromatic N) is 2. The van der Waals surface area contributed by atoms with Gasteiger partial charge in [-0.25, -0.2) is 9.97 Å². The molecule has 0 radical (unpaired) electrons. The second-order valence-corrected chi connectivity index (χ2v) is 3.82. The molecule has 2 N–H and O–H groups in total. The highest BCUT2D eigenvalue weighted by molar-refractivity contribution is 5.40. The fourth-order valence-electron chi connectivity index (χ4n) is 1.63. The van der Waals surface area contributed by atoms with Crippen molar-refractivity contribution in [1.82, 2.24) is 9.97 Å². The quantitative estimate of drug-likeness (QED) is 0.874. The first-order valence-electron chi connectivity index (χ1n) is 5.40. The van der Waals surface area contributed by atoms with Gasteiger partial charge in [-0.3, -0.25) is 0 Å². The minimum absolute atomic E-state index is 0.619. The van der Waals surface area contributed by atoms with Crippen molar-refractivity contribution in [2.24, 2.45) is 0 Å². The molecule has 1 aromatic carbocycles. The summed E-state index contributed by atoms with van der Waals surface area (Å²) in [6.07, 6.45) is 2.29. The van der Waals surface area contributed by atoms with Crippen LogP contribution < -0.4 is 10.5 Å². The molecule has 88 valence electrons. The van der Waals surface area contributed by atoms with Crippen molar-refractivity contribution in [3.63, 3.8) is 0 Å². The van der Waals surface area contributed by atoms with Gasteiger partial charge in [-0.2, -0.15) is 0 Å². The summed E-state index contributed by atoms with van der Waals surface area (Å²) in [6, 6.07) is 7.85. The monoisotopic (exact) mass is 229 g/mol. The Morgan fingerprint density at radius 1 is 1.29 bits per heavy atom. The second-order valence-electron chi connectivity index (χ2n) is 3.82. The normalized spacial score (nSPS) is 10.2. The van der Waals surface area contributed by atoms with Crippen molar-refractivity contribution >= 4 is 5.69 Å². The number of hydrogen-bond acceptors (Lipinski definition) is 4. The zero-order valence-corrected chi connectivity index (χ0v) is 9.97. The summed E-state index contributed by atoms with van der Waals surface area (Å²) in [5, 5.41) is 0. The summed E-state index contributed by atoms with van der Waals surface area (Å²) in [4.78, 5) is 8.57. The van der Waals surface area contributed by atoms with Gasteiger partial charge in [-0.15, -0.1) is 0 Å². The van der Waals surface area contributed by atoms with Gasteiger partial charge in [0, 0.05) is 12.0 Å². The molecule has 0 fully saturated rings. The Kier molecular flexibility index (Phi) is 3.23. The summed E-state index contributed by atoms with van der Waals surface area (Å²) in [7, 11) is 1.66. The summed E-state index contributed by atoms with van der Waals surface area (Å²) in [6.45, 7) is 1.88. The number of aryl methyl sites for hydroxylation is 1. The van der Waals surface area contributed by atoms with Crippen LogP contribution in [-0.4, -0.2) is 17.1 Å². The van der Waals surface area contributed by atoms with Gasteiger partial charge < -0.3 is 10.5 Å². The van der Waals surface area contributed by atoms with Crippen LogP contribution in [0.1, 0.15) is 17.1 Å². The molecule has 17 heavy (non-hydrogen) atoms. The van der Waals surface area contributed by atoms with E-state index in [2.05, 4.69) is 9.97 Å². The van der Waals surface area contributed by atoms with Crippen LogP contribution in [0.3, 0.4) is 0 Å². The Bertz CT molecular complexity index is 526. The number of nitrogen functional groups attached to an aromatic ring is 1. The average molecular weight is 229 g/mol. The molecule has 4 nitrogen and oxygen atoms in total. The molecule has 0 saturated carbocycles. The van der Waals surface area contributed by atoms with Crippen molar-refractivity contribution < 1.29 is 4.74 Å². The lowest BCUT2D eigenvalue weighted by molar-refractivity contribution is 0.410. The standard InChI is InChI=1S/C13H15N3O/c1-9-11(14)8-15-13(16-9)7-10-5-3-4-6-12(10)17-2/h3-6,8H,7,14H2,1-2H3. The van der Waals surface area contributed by atoms with E-state index in [1.54, 1.807) is 13.3 Å². The lowest BCUT2D eigenvalue weighted by atomic mass is 10.1. The summed E-state index contributed by atoms with van der Waals surface area (Å²) in [5.74, 6) is 1.60. The van der Waals surface area contributed by atoms with Gasteiger partial charge in [0.05, 0.1) is 24.7 Å². The molecule has 2 aromatic rings. The van der Waals surface area contributed by atoms with Crippen molar-refractivity contribution in [1.29, 1.82) is 0 Å². The first-order chi connectivity index (χ1) is 8.20. The van der Waals surface area contributed by atoms with Crippen molar-refractivity contribution in [3.05, 3.63) is 47.5 Å². The fourth-order valence-corrected chi connectivity index (χ4v) is 1.63. The van der Waals surface area contributed by atoms with E-state index in [4.69, 9.17) is 10.5 Å². The van der Waals surface area contributed by atoms with Gasteiger partial charge in [0.2, 0.25) is 0 Å². The maximum absolute atomic E-state index is 5.69. The van der Waals surface area contributed by atoms with Crippen LogP contribution in [0.2, 0.25) is 0 Å². The van der Waals surface area contributed by atoms with E-state index in [-0.39, 0.29) is 0 Å². The molecule has 0 unspecified atom stereocenters. The largest absolute Gasteiger partial charge is 0.496 e. The molecule has 0 aliphatic carbocycles. The molecule has 0 aliphatic heterocycles. The van der Waals surface area contributed by atoms with Crippen molar-refractivity contribution in [2.45, 2.75) is 13.3 Å². The van der Waals surface area contributed by atoms with Crippen LogP contribution in [-0.2, 0) is 6.42 Å². The van der Waals surface area contributed by atoms with Crippen molar-refractivity contribution in [2.75, 3.05) is 12.8 Å². The number of hydrogen-bond donors (Lipinski definition) is 1. The molecule has 0 spiro atoms. The lowest BCUT2D eigenvalue weighted by Crippen LogP contribution is -2.02.